The summed E-state index contributed by atoms with van der Waals surface area (Å²) in [6.45, 7) is 1.75. The van der Waals surface area contributed by atoms with Gasteiger partial charge in [0.2, 0.25) is 0 Å². The number of hydrogen-bond acceptors (Lipinski definition) is 1. The summed E-state index contributed by atoms with van der Waals surface area (Å²) < 4.78 is 13.1. The Bertz CT molecular complexity index is 336. The molecule has 1 saturated carbocycles. The van der Waals surface area contributed by atoms with Crippen LogP contribution in [0, 0.1) is 11.7 Å². The third kappa shape index (κ3) is 3.47. The van der Waals surface area contributed by atoms with Crippen LogP contribution in [0.4, 0.5) is 4.39 Å². The van der Waals surface area contributed by atoms with Crippen molar-refractivity contribution < 1.29 is 4.39 Å². The number of rotatable bonds is 5. The molecule has 0 atom stereocenters. The molecule has 0 unspecified atom stereocenters. The van der Waals surface area contributed by atoms with Gasteiger partial charge in [-0.15, -0.1) is 0 Å². The van der Waals surface area contributed by atoms with Crippen LogP contribution in [0.5, 0.6) is 0 Å². The number of benzene rings is 1. The van der Waals surface area contributed by atoms with Crippen LogP contribution in [-0.2, 0) is 6.54 Å². The van der Waals surface area contributed by atoms with Gasteiger partial charge in [0.15, 0.2) is 0 Å². The van der Waals surface area contributed by atoms with Crippen LogP contribution in [-0.4, -0.2) is 6.54 Å². The summed E-state index contributed by atoms with van der Waals surface area (Å²) in [5.41, 5.74) is 0.952. The SMILES string of the molecule is Fc1cc(CNCCC2CC2)ccc1Cl. The first-order chi connectivity index (χ1) is 7.25. The maximum absolute atomic E-state index is 13.1. The highest BCUT2D eigenvalue weighted by molar-refractivity contribution is 6.30. The summed E-state index contributed by atoms with van der Waals surface area (Å²) in [6, 6.07) is 4.96. The maximum Gasteiger partial charge on any atom is 0.142 e. The lowest BCUT2D eigenvalue weighted by molar-refractivity contribution is 0.602. The molecule has 2 rings (SSSR count). The van der Waals surface area contributed by atoms with E-state index in [4.69, 9.17) is 11.6 Å². The lowest BCUT2D eigenvalue weighted by atomic mass is 10.2. The van der Waals surface area contributed by atoms with Gasteiger partial charge in [-0.2, -0.15) is 0 Å². The summed E-state index contributed by atoms with van der Waals surface area (Å²) in [7, 11) is 0. The van der Waals surface area contributed by atoms with E-state index < -0.39 is 0 Å². The van der Waals surface area contributed by atoms with Crippen molar-refractivity contribution in [2.24, 2.45) is 5.92 Å². The van der Waals surface area contributed by atoms with Crippen molar-refractivity contribution in [1.82, 2.24) is 5.32 Å². The Labute approximate surface area is 94.6 Å². The largest absolute Gasteiger partial charge is 0.313 e. The summed E-state index contributed by atoms with van der Waals surface area (Å²) in [4.78, 5) is 0. The van der Waals surface area contributed by atoms with Crippen LogP contribution in [0.15, 0.2) is 18.2 Å². The molecule has 0 bridgehead atoms. The first-order valence-corrected chi connectivity index (χ1v) is 5.78. The number of hydrogen-bond donors (Lipinski definition) is 1. The summed E-state index contributed by atoms with van der Waals surface area (Å²) >= 11 is 5.60. The first-order valence-electron chi connectivity index (χ1n) is 5.40. The maximum atomic E-state index is 13.1. The van der Waals surface area contributed by atoms with Crippen molar-refractivity contribution in [2.75, 3.05) is 6.54 Å². The molecular formula is C12H15ClFN. The molecule has 1 aromatic rings. The highest BCUT2D eigenvalue weighted by Gasteiger charge is 2.19. The predicted octanol–water partition coefficient (Wildman–Crippen LogP) is 3.37. The number of nitrogens with one attached hydrogen (secondary N) is 1. The monoisotopic (exact) mass is 227 g/mol. The second kappa shape index (κ2) is 4.95. The van der Waals surface area contributed by atoms with Gasteiger partial charge in [0.25, 0.3) is 0 Å². The van der Waals surface area contributed by atoms with E-state index in [0.717, 1.165) is 24.6 Å². The minimum absolute atomic E-state index is 0.191. The van der Waals surface area contributed by atoms with Crippen LogP contribution in [0.2, 0.25) is 5.02 Å². The Morgan fingerprint density at radius 1 is 1.40 bits per heavy atom. The van der Waals surface area contributed by atoms with E-state index in [1.165, 1.54) is 25.3 Å². The second-order valence-corrected chi connectivity index (χ2v) is 4.56. The zero-order valence-corrected chi connectivity index (χ0v) is 9.36. The fourth-order valence-electron chi connectivity index (χ4n) is 1.60. The lowest BCUT2D eigenvalue weighted by Crippen LogP contribution is -2.15. The molecule has 0 aliphatic heterocycles. The van der Waals surface area contributed by atoms with E-state index in [-0.39, 0.29) is 10.8 Å². The highest BCUT2D eigenvalue weighted by atomic mass is 35.5. The van der Waals surface area contributed by atoms with E-state index in [0.29, 0.717) is 0 Å². The molecule has 0 amide bonds. The van der Waals surface area contributed by atoms with Gasteiger partial charge >= 0.3 is 0 Å². The summed E-state index contributed by atoms with van der Waals surface area (Å²) in [6.07, 6.45) is 4.02. The van der Waals surface area contributed by atoms with E-state index in [1.807, 2.05) is 6.07 Å². The van der Waals surface area contributed by atoms with Gasteiger partial charge in [-0.1, -0.05) is 30.5 Å². The first kappa shape index (κ1) is 10.9. The standard InChI is InChI=1S/C12H15ClFN/c13-11-4-3-10(7-12(11)14)8-15-6-5-9-1-2-9/h3-4,7,9,15H,1-2,5-6,8H2. The van der Waals surface area contributed by atoms with Crippen molar-refractivity contribution in [2.45, 2.75) is 25.8 Å². The van der Waals surface area contributed by atoms with E-state index in [2.05, 4.69) is 5.32 Å². The van der Waals surface area contributed by atoms with E-state index in [9.17, 15) is 4.39 Å². The fourth-order valence-corrected chi connectivity index (χ4v) is 1.71. The molecule has 0 aromatic heterocycles. The minimum Gasteiger partial charge on any atom is -0.313 e. The van der Waals surface area contributed by atoms with E-state index in [1.54, 1.807) is 6.07 Å². The Morgan fingerprint density at radius 2 is 2.20 bits per heavy atom. The van der Waals surface area contributed by atoms with Crippen LogP contribution < -0.4 is 5.32 Å². The Kier molecular flexibility index (Phi) is 3.60. The van der Waals surface area contributed by atoms with Crippen molar-refractivity contribution in [3.8, 4) is 0 Å². The molecular weight excluding hydrogens is 213 g/mol. The second-order valence-electron chi connectivity index (χ2n) is 4.16. The van der Waals surface area contributed by atoms with Gasteiger partial charge in [0, 0.05) is 6.54 Å². The van der Waals surface area contributed by atoms with Gasteiger partial charge in [-0.3, -0.25) is 0 Å². The van der Waals surface area contributed by atoms with Crippen LogP contribution in [0.3, 0.4) is 0 Å². The Morgan fingerprint density at radius 3 is 2.87 bits per heavy atom. The van der Waals surface area contributed by atoms with Gasteiger partial charge in [-0.05, 0) is 36.6 Å². The molecule has 0 radical (unpaired) electrons. The topological polar surface area (TPSA) is 12.0 Å². The van der Waals surface area contributed by atoms with Crippen molar-refractivity contribution >= 4 is 11.6 Å². The highest BCUT2D eigenvalue weighted by Crippen LogP contribution is 2.31. The van der Waals surface area contributed by atoms with Gasteiger partial charge in [0.05, 0.1) is 5.02 Å². The van der Waals surface area contributed by atoms with Crippen molar-refractivity contribution in [1.29, 1.82) is 0 Å². The molecule has 1 aromatic carbocycles. The van der Waals surface area contributed by atoms with Crippen LogP contribution >= 0.6 is 11.6 Å². The van der Waals surface area contributed by atoms with Crippen molar-refractivity contribution in [3.05, 3.63) is 34.6 Å². The Hall–Kier alpha value is -0.600. The molecule has 0 heterocycles. The third-order valence-electron chi connectivity index (χ3n) is 2.74. The molecule has 15 heavy (non-hydrogen) atoms. The molecule has 0 saturated heterocycles. The van der Waals surface area contributed by atoms with Crippen LogP contribution in [0.1, 0.15) is 24.8 Å². The normalized spacial score (nSPS) is 15.6. The predicted molar refractivity (Wildman–Crippen MR) is 60.5 cm³/mol. The molecule has 0 spiro atoms. The minimum atomic E-state index is -0.335. The van der Waals surface area contributed by atoms with Gasteiger partial charge in [-0.25, -0.2) is 4.39 Å². The smallest absolute Gasteiger partial charge is 0.142 e. The zero-order valence-electron chi connectivity index (χ0n) is 8.60. The molecule has 1 fully saturated rings. The molecule has 82 valence electrons. The van der Waals surface area contributed by atoms with Gasteiger partial charge in [0.1, 0.15) is 5.82 Å². The van der Waals surface area contributed by atoms with Crippen molar-refractivity contribution in [3.63, 3.8) is 0 Å². The van der Waals surface area contributed by atoms with Crippen LogP contribution in [0.25, 0.3) is 0 Å². The summed E-state index contributed by atoms with van der Waals surface area (Å²) in [5, 5.41) is 3.50. The third-order valence-corrected chi connectivity index (χ3v) is 3.05. The average molecular weight is 228 g/mol. The average Bonchev–Trinajstić information content (AvgIpc) is 3.02. The number of halogens is 2. The molecule has 1 nitrogen and oxygen atoms in total. The lowest BCUT2D eigenvalue weighted by Gasteiger charge is -2.04. The van der Waals surface area contributed by atoms with E-state index >= 15 is 0 Å². The molecule has 1 aliphatic rings. The molecule has 1 aliphatic carbocycles. The fraction of sp³-hybridized carbons (Fsp3) is 0.500. The quantitative estimate of drug-likeness (QED) is 0.761. The molecule has 1 N–H and O–H groups in total. The zero-order chi connectivity index (χ0) is 10.7. The Balaban J connectivity index is 1.74. The summed E-state index contributed by atoms with van der Waals surface area (Å²) in [5.74, 6) is 0.609. The van der Waals surface area contributed by atoms with Gasteiger partial charge < -0.3 is 5.32 Å². The molecule has 3 heteroatoms.